The molecule has 0 aliphatic carbocycles. The molecule has 2 atom stereocenters. The van der Waals surface area contributed by atoms with Gasteiger partial charge in [0.25, 0.3) is 0 Å². The van der Waals surface area contributed by atoms with Crippen LogP contribution in [0.15, 0.2) is 24.4 Å². The number of urea groups is 1. The Morgan fingerprint density at radius 2 is 2.28 bits per heavy atom. The van der Waals surface area contributed by atoms with Crippen LogP contribution in [-0.4, -0.2) is 51.3 Å². The van der Waals surface area contributed by atoms with Gasteiger partial charge in [0.15, 0.2) is 11.5 Å². The van der Waals surface area contributed by atoms with Crippen LogP contribution >= 0.6 is 0 Å². The lowest BCUT2D eigenvalue weighted by atomic mass is 9.91. The third kappa shape index (κ3) is 3.33. The van der Waals surface area contributed by atoms with Crippen molar-refractivity contribution in [3.63, 3.8) is 0 Å². The molecule has 25 heavy (non-hydrogen) atoms. The minimum absolute atomic E-state index is 0.0526. The van der Waals surface area contributed by atoms with E-state index < -0.39 is 0 Å². The minimum Gasteiger partial charge on any atom is -0.382 e. The van der Waals surface area contributed by atoms with Crippen LogP contribution in [0.1, 0.15) is 51.4 Å². The first-order valence-electron chi connectivity index (χ1n) is 8.98. The van der Waals surface area contributed by atoms with Crippen LogP contribution < -0.4 is 5.32 Å². The lowest BCUT2D eigenvalue weighted by Crippen LogP contribution is -2.54. The van der Waals surface area contributed by atoms with Crippen LogP contribution in [0.4, 0.5) is 4.79 Å². The first-order valence-corrected chi connectivity index (χ1v) is 8.98. The van der Waals surface area contributed by atoms with Crippen LogP contribution in [0.25, 0.3) is 5.65 Å². The largest absolute Gasteiger partial charge is 0.382 e. The molecule has 1 aliphatic heterocycles. The highest BCUT2D eigenvalue weighted by Crippen LogP contribution is 2.34. The molecule has 0 saturated carbocycles. The number of hydrogen-bond acceptors (Lipinski definition) is 4. The first-order chi connectivity index (χ1) is 12.1. The fraction of sp³-hybridized carbons (Fsp3) is 0.611. The maximum absolute atomic E-state index is 13.0. The lowest BCUT2D eigenvalue weighted by molar-refractivity contribution is 0.0494. The van der Waals surface area contributed by atoms with Crippen LogP contribution in [-0.2, 0) is 4.74 Å². The van der Waals surface area contributed by atoms with Gasteiger partial charge in [0.1, 0.15) is 0 Å². The van der Waals surface area contributed by atoms with Crippen molar-refractivity contribution in [3.8, 4) is 0 Å². The molecule has 0 radical (unpaired) electrons. The van der Waals surface area contributed by atoms with Crippen molar-refractivity contribution in [1.82, 2.24) is 24.8 Å². The number of hydrogen-bond donors (Lipinski definition) is 1. The number of fused-ring (bicyclic) bond motifs is 1. The van der Waals surface area contributed by atoms with E-state index in [1.165, 1.54) is 0 Å². The molecule has 0 bridgehead atoms. The molecule has 2 aromatic heterocycles. The van der Waals surface area contributed by atoms with Crippen molar-refractivity contribution in [3.05, 3.63) is 30.2 Å². The normalized spacial score (nSPS) is 21.6. The average molecular weight is 345 g/mol. The van der Waals surface area contributed by atoms with Crippen molar-refractivity contribution in [2.24, 2.45) is 0 Å². The van der Waals surface area contributed by atoms with E-state index in [0.29, 0.717) is 6.61 Å². The van der Waals surface area contributed by atoms with Gasteiger partial charge in [0.2, 0.25) is 0 Å². The van der Waals surface area contributed by atoms with Gasteiger partial charge in [-0.1, -0.05) is 19.4 Å². The Bertz CT molecular complexity index is 723. The van der Waals surface area contributed by atoms with Crippen LogP contribution in [0.2, 0.25) is 0 Å². The lowest BCUT2D eigenvalue weighted by Gasteiger charge is -2.38. The van der Waals surface area contributed by atoms with E-state index in [0.717, 1.165) is 43.7 Å². The fourth-order valence-corrected chi connectivity index (χ4v) is 3.95. The van der Waals surface area contributed by atoms with Crippen LogP contribution in [0.5, 0.6) is 0 Å². The third-order valence-corrected chi connectivity index (χ3v) is 5.04. The minimum atomic E-state index is -0.229. The highest BCUT2D eigenvalue weighted by atomic mass is 16.5. The van der Waals surface area contributed by atoms with Gasteiger partial charge >= 0.3 is 6.03 Å². The number of likely N-dealkylation sites (tertiary alicyclic amines) is 1. The molecule has 2 aromatic rings. The Morgan fingerprint density at radius 3 is 3.04 bits per heavy atom. The van der Waals surface area contributed by atoms with Gasteiger partial charge in [-0.15, -0.1) is 10.2 Å². The van der Waals surface area contributed by atoms with Crippen molar-refractivity contribution in [2.75, 3.05) is 20.3 Å². The molecular weight excluding hydrogens is 318 g/mol. The number of aromatic nitrogens is 3. The number of nitrogens with zero attached hydrogens (tertiary/aromatic N) is 4. The van der Waals surface area contributed by atoms with E-state index in [2.05, 4.69) is 22.4 Å². The first kappa shape index (κ1) is 17.7. The van der Waals surface area contributed by atoms with Gasteiger partial charge in [0, 0.05) is 19.9 Å². The third-order valence-electron chi connectivity index (χ3n) is 5.04. The van der Waals surface area contributed by atoms with Gasteiger partial charge in [-0.3, -0.25) is 4.40 Å². The van der Waals surface area contributed by atoms with E-state index >= 15 is 0 Å². The molecule has 136 valence electrons. The maximum Gasteiger partial charge on any atom is 0.318 e. The van der Waals surface area contributed by atoms with E-state index in [1.807, 2.05) is 40.6 Å². The van der Waals surface area contributed by atoms with E-state index in [-0.39, 0.29) is 17.6 Å². The molecule has 0 aromatic carbocycles. The smallest absolute Gasteiger partial charge is 0.318 e. The van der Waals surface area contributed by atoms with Crippen molar-refractivity contribution in [1.29, 1.82) is 0 Å². The fourth-order valence-electron chi connectivity index (χ4n) is 3.95. The second-order valence-corrected chi connectivity index (χ2v) is 6.82. The van der Waals surface area contributed by atoms with E-state index in [9.17, 15) is 4.79 Å². The van der Waals surface area contributed by atoms with Gasteiger partial charge in [-0.25, -0.2) is 4.79 Å². The number of carbonyl (C=O) groups is 1. The second-order valence-electron chi connectivity index (χ2n) is 6.82. The number of ether oxygens (including phenoxy) is 1. The zero-order valence-electron chi connectivity index (χ0n) is 15.2. The van der Waals surface area contributed by atoms with Crippen molar-refractivity contribution < 1.29 is 9.53 Å². The number of rotatable bonds is 6. The van der Waals surface area contributed by atoms with Crippen LogP contribution in [0.3, 0.4) is 0 Å². The Morgan fingerprint density at radius 1 is 1.44 bits per heavy atom. The summed E-state index contributed by atoms with van der Waals surface area (Å²) < 4.78 is 7.35. The molecule has 1 fully saturated rings. The number of nitrogens with one attached hydrogen (secondary N) is 1. The van der Waals surface area contributed by atoms with Gasteiger partial charge < -0.3 is 15.0 Å². The highest BCUT2D eigenvalue weighted by Gasteiger charge is 2.43. The topological polar surface area (TPSA) is 71.8 Å². The summed E-state index contributed by atoms with van der Waals surface area (Å²) in [6.07, 6.45) is 5.90. The molecule has 7 heteroatoms. The predicted octanol–water partition coefficient (Wildman–Crippen LogP) is 2.78. The standard InChI is InChI=1S/C18H27N5O2/c1-4-9-18(13-25-3)10-7-12-23(18)17(24)19-14(2)16-21-20-15-8-5-6-11-22(15)16/h5-6,8,11,14H,4,7,9-10,12-13H2,1-3H3,(H,19,24)/t14-,18-/m0/s1. The molecule has 7 nitrogen and oxygen atoms in total. The number of methoxy groups -OCH3 is 1. The summed E-state index contributed by atoms with van der Waals surface area (Å²) in [4.78, 5) is 14.9. The van der Waals surface area contributed by atoms with Crippen molar-refractivity contribution in [2.45, 2.75) is 51.1 Å². The second kappa shape index (κ2) is 7.39. The summed E-state index contributed by atoms with van der Waals surface area (Å²) >= 11 is 0. The molecule has 2 amide bonds. The average Bonchev–Trinajstić information content (AvgIpc) is 3.20. The van der Waals surface area contributed by atoms with Gasteiger partial charge in [0.05, 0.1) is 18.2 Å². The molecular formula is C18H27N5O2. The number of pyridine rings is 1. The summed E-state index contributed by atoms with van der Waals surface area (Å²) in [6, 6.07) is 5.47. The molecule has 1 N–H and O–H groups in total. The SMILES string of the molecule is CCC[C@@]1(COC)CCCN1C(=O)N[C@@H](C)c1nnc2ccccn12. The molecule has 3 rings (SSSR count). The molecule has 3 heterocycles. The highest BCUT2D eigenvalue weighted by molar-refractivity contribution is 5.76. The number of carbonyl (C=O) groups excluding carboxylic acids is 1. The summed E-state index contributed by atoms with van der Waals surface area (Å²) in [5.74, 6) is 0.732. The van der Waals surface area contributed by atoms with E-state index in [4.69, 9.17) is 4.74 Å². The number of amides is 2. The molecule has 1 aliphatic rings. The predicted molar refractivity (Wildman–Crippen MR) is 95.4 cm³/mol. The monoisotopic (exact) mass is 345 g/mol. The zero-order chi connectivity index (χ0) is 17.9. The maximum atomic E-state index is 13.0. The molecule has 1 saturated heterocycles. The molecule has 0 unspecified atom stereocenters. The Hall–Kier alpha value is -2.15. The Kier molecular flexibility index (Phi) is 5.22. The van der Waals surface area contributed by atoms with Crippen LogP contribution in [0, 0.1) is 0 Å². The molecule has 0 spiro atoms. The summed E-state index contributed by atoms with van der Waals surface area (Å²) in [5.41, 5.74) is 0.583. The van der Waals surface area contributed by atoms with E-state index in [1.54, 1.807) is 7.11 Å². The van der Waals surface area contributed by atoms with Crippen molar-refractivity contribution >= 4 is 11.7 Å². The Labute approximate surface area is 148 Å². The van der Waals surface area contributed by atoms with Gasteiger partial charge in [-0.05, 0) is 38.3 Å². The quantitative estimate of drug-likeness (QED) is 0.874. The summed E-state index contributed by atoms with van der Waals surface area (Å²) in [7, 11) is 1.71. The summed E-state index contributed by atoms with van der Waals surface area (Å²) in [5, 5.41) is 11.5. The zero-order valence-corrected chi connectivity index (χ0v) is 15.2. The Balaban J connectivity index is 1.76. The van der Waals surface area contributed by atoms with Gasteiger partial charge in [-0.2, -0.15) is 0 Å². The summed E-state index contributed by atoms with van der Waals surface area (Å²) in [6.45, 7) is 5.44.